The normalized spacial score (nSPS) is 10.2. The predicted octanol–water partition coefficient (Wildman–Crippen LogP) is 0.557. The third kappa shape index (κ3) is 3.49. The van der Waals surface area contributed by atoms with Crippen LogP contribution in [0, 0.1) is 0 Å². The maximum absolute atomic E-state index is 11.8. The molecule has 0 unspecified atom stereocenters. The van der Waals surface area contributed by atoms with E-state index in [-0.39, 0.29) is 17.9 Å². The van der Waals surface area contributed by atoms with Crippen molar-refractivity contribution in [2.45, 2.75) is 6.42 Å². The van der Waals surface area contributed by atoms with E-state index in [1.165, 1.54) is 12.1 Å². The van der Waals surface area contributed by atoms with E-state index in [2.05, 4.69) is 15.5 Å². The molecule has 1 amide bonds. The van der Waals surface area contributed by atoms with E-state index < -0.39 is 5.91 Å². The molecular weight excluding hydrogens is 246 g/mol. The Morgan fingerprint density at radius 3 is 2.53 bits per heavy atom. The number of nitrogens with zero attached hydrogens (tertiary/aromatic N) is 1. The van der Waals surface area contributed by atoms with Gasteiger partial charge in [-0.05, 0) is 30.2 Å². The van der Waals surface area contributed by atoms with Gasteiger partial charge in [0.2, 0.25) is 0 Å². The topological polar surface area (TPSA) is 95.1 Å². The molecule has 0 radical (unpaired) electrons. The van der Waals surface area contributed by atoms with Crippen LogP contribution in [0.2, 0.25) is 0 Å². The quantitative estimate of drug-likeness (QED) is 0.747. The van der Waals surface area contributed by atoms with Crippen molar-refractivity contribution >= 4 is 11.6 Å². The molecule has 2 aromatic rings. The maximum Gasteiger partial charge on any atom is 0.276 e. The number of nitrogens with one attached hydrogen (secondary N) is 2. The van der Waals surface area contributed by atoms with E-state index in [1.807, 2.05) is 12.1 Å². The van der Waals surface area contributed by atoms with Crippen molar-refractivity contribution in [2.24, 2.45) is 0 Å². The molecule has 1 aromatic heterocycles. The number of benzene rings is 1. The van der Waals surface area contributed by atoms with Crippen molar-refractivity contribution in [3.63, 3.8) is 0 Å². The summed E-state index contributed by atoms with van der Waals surface area (Å²) in [5, 5.41) is 17.3. The molecule has 0 aliphatic heterocycles. The summed E-state index contributed by atoms with van der Waals surface area (Å²) in [4.78, 5) is 22.6. The number of aliphatic hydroxyl groups is 1. The first-order valence-electron chi connectivity index (χ1n) is 5.76. The Labute approximate surface area is 109 Å². The summed E-state index contributed by atoms with van der Waals surface area (Å²) in [7, 11) is 0. The Hall–Kier alpha value is -2.47. The van der Waals surface area contributed by atoms with Crippen LogP contribution in [0.4, 0.5) is 5.69 Å². The minimum Gasteiger partial charge on any atom is -0.396 e. The van der Waals surface area contributed by atoms with Crippen molar-refractivity contribution < 1.29 is 9.90 Å². The van der Waals surface area contributed by atoms with Crippen LogP contribution >= 0.6 is 0 Å². The predicted molar refractivity (Wildman–Crippen MR) is 70.0 cm³/mol. The monoisotopic (exact) mass is 259 g/mol. The second-order valence-electron chi connectivity index (χ2n) is 3.93. The molecule has 1 heterocycles. The largest absolute Gasteiger partial charge is 0.396 e. The van der Waals surface area contributed by atoms with Crippen molar-refractivity contribution in [1.82, 2.24) is 10.2 Å². The molecule has 0 spiro atoms. The maximum atomic E-state index is 11.8. The van der Waals surface area contributed by atoms with E-state index in [1.54, 1.807) is 12.1 Å². The van der Waals surface area contributed by atoms with Gasteiger partial charge in [-0.3, -0.25) is 9.59 Å². The van der Waals surface area contributed by atoms with Gasteiger partial charge in [0.15, 0.2) is 0 Å². The summed E-state index contributed by atoms with van der Waals surface area (Å²) >= 11 is 0. The molecule has 0 saturated carbocycles. The van der Waals surface area contributed by atoms with Crippen LogP contribution < -0.4 is 10.9 Å². The van der Waals surface area contributed by atoms with Crippen LogP contribution in [-0.4, -0.2) is 27.8 Å². The summed E-state index contributed by atoms with van der Waals surface area (Å²) in [5.74, 6) is -0.397. The molecule has 19 heavy (non-hydrogen) atoms. The van der Waals surface area contributed by atoms with Crippen LogP contribution in [0.3, 0.4) is 0 Å². The van der Waals surface area contributed by atoms with Crippen LogP contribution in [-0.2, 0) is 6.42 Å². The Balaban J connectivity index is 2.06. The number of aromatic nitrogens is 2. The number of anilines is 1. The van der Waals surface area contributed by atoms with Gasteiger partial charge in [0.1, 0.15) is 5.69 Å². The van der Waals surface area contributed by atoms with Gasteiger partial charge in [-0.25, -0.2) is 5.10 Å². The fourth-order valence-corrected chi connectivity index (χ4v) is 1.55. The van der Waals surface area contributed by atoms with Gasteiger partial charge < -0.3 is 10.4 Å². The van der Waals surface area contributed by atoms with Gasteiger partial charge >= 0.3 is 0 Å². The average Bonchev–Trinajstić information content (AvgIpc) is 2.42. The molecule has 0 aliphatic rings. The van der Waals surface area contributed by atoms with Crippen LogP contribution in [0.25, 0.3) is 0 Å². The van der Waals surface area contributed by atoms with E-state index >= 15 is 0 Å². The van der Waals surface area contributed by atoms with E-state index in [0.717, 1.165) is 5.56 Å². The molecule has 2 rings (SSSR count). The van der Waals surface area contributed by atoms with Crippen molar-refractivity contribution in [3.8, 4) is 0 Å². The van der Waals surface area contributed by atoms with E-state index in [9.17, 15) is 9.59 Å². The van der Waals surface area contributed by atoms with Gasteiger partial charge in [0.05, 0.1) is 0 Å². The molecule has 0 bridgehead atoms. The number of amides is 1. The van der Waals surface area contributed by atoms with Gasteiger partial charge in [0, 0.05) is 18.4 Å². The fourth-order valence-electron chi connectivity index (χ4n) is 1.55. The van der Waals surface area contributed by atoms with Gasteiger partial charge in [0.25, 0.3) is 11.5 Å². The third-order valence-electron chi connectivity index (χ3n) is 2.52. The highest BCUT2D eigenvalue weighted by atomic mass is 16.3. The molecule has 0 atom stereocenters. The Morgan fingerprint density at radius 2 is 1.95 bits per heavy atom. The summed E-state index contributed by atoms with van der Waals surface area (Å²) in [5.41, 5.74) is 1.39. The van der Waals surface area contributed by atoms with Gasteiger partial charge in [-0.2, -0.15) is 5.10 Å². The summed E-state index contributed by atoms with van der Waals surface area (Å²) in [6.45, 7) is 0.0903. The molecule has 98 valence electrons. The fraction of sp³-hybridized carbons (Fsp3) is 0.154. The zero-order chi connectivity index (χ0) is 13.7. The minimum absolute atomic E-state index is 0.0903. The highest BCUT2D eigenvalue weighted by Crippen LogP contribution is 2.10. The lowest BCUT2D eigenvalue weighted by Gasteiger charge is -2.05. The number of aliphatic hydroxyl groups excluding tert-OH is 1. The number of carbonyl (C=O) groups excluding carboxylic acids is 1. The van der Waals surface area contributed by atoms with E-state index in [4.69, 9.17) is 5.11 Å². The first-order chi connectivity index (χ1) is 9.19. The standard InChI is InChI=1S/C13H13N3O3/c17-8-7-9-1-3-10(4-2-9)14-13(19)11-5-6-12(18)16-15-11/h1-6,17H,7-8H2,(H,14,19)(H,16,18). The Morgan fingerprint density at radius 1 is 1.21 bits per heavy atom. The van der Waals surface area contributed by atoms with Gasteiger partial charge in [-0.1, -0.05) is 12.1 Å². The highest BCUT2D eigenvalue weighted by Gasteiger charge is 2.07. The Bertz CT molecular complexity index is 599. The molecule has 6 nitrogen and oxygen atoms in total. The lowest BCUT2D eigenvalue weighted by atomic mass is 10.1. The second kappa shape index (κ2) is 5.92. The molecule has 6 heteroatoms. The summed E-state index contributed by atoms with van der Waals surface area (Å²) in [6.07, 6.45) is 0.579. The molecule has 0 saturated heterocycles. The molecule has 0 aliphatic carbocycles. The summed E-state index contributed by atoms with van der Waals surface area (Å²) in [6, 6.07) is 9.74. The second-order valence-corrected chi connectivity index (χ2v) is 3.93. The zero-order valence-corrected chi connectivity index (χ0v) is 10.1. The molecular formula is C13H13N3O3. The van der Waals surface area contributed by atoms with Gasteiger partial charge in [-0.15, -0.1) is 0 Å². The highest BCUT2D eigenvalue weighted by molar-refractivity contribution is 6.02. The summed E-state index contributed by atoms with van der Waals surface area (Å²) < 4.78 is 0. The SMILES string of the molecule is O=C(Nc1ccc(CCO)cc1)c1ccc(=O)[nH]n1. The number of rotatable bonds is 4. The minimum atomic E-state index is -0.397. The number of hydrogen-bond donors (Lipinski definition) is 3. The lowest BCUT2D eigenvalue weighted by molar-refractivity contribution is 0.102. The van der Waals surface area contributed by atoms with Crippen LogP contribution in [0.1, 0.15) is 16.1 Å². The van der Waals surface area contributed by atoms with E-state index in [0.29, 0.717) is 12.1 Å². The molecule has 0 fully saturated rings. The zero-order valence-electron chi connectivity index (χ0n) is 10.1. The lowest BCUT2D eigenvalue weighted by Crippen LogP contribution is -2.17. The van der Waals surface area contributed by atoms with Crippen molar-refractivity contribution in [1.29, 1.82) is 0 Å². The smallest absolute Gasteiger partial charge is 0.276 e. The first kappa shape index (κ1) is 13.0. The Kier molecular flexibility index (Phi) is 4.04. The van der Waals surface area contributed by atoms with Crippen LogP contribution in [0.5, 0.6) is 0 Å². The molecule has 1 aromatic carbocycles. The van der Waals surface area contributed by atoms with Crippen molar-refractivity contribution in [3.05, 3.63) is 58.0 Å². The molecule has 3 N–H and O–H groups in total. The first-order valence-corrected chi connectivity index (χ1v) is 5.76. The number of aromatic amines is 1. The number of H-pyrrole nitrogens is 1. The van der Waals surface area contributed by atoms with Crippen molar-refractivity contribution in [2.75, 3.05) is 11.9 Å². The number of carbonyl (C=O) groups is 1. The van der Waals surface area contributed by atoms with Crippen LogP contribution in [0.15, 0.2) is 41.2 Å². The average molecular weight is 259 g/mol. The third-order valence-corrected chi connectivity index (χ3v) is 2.52. The number of hydrogen-bond acceptors (Lipinski definition) is 4.